The van der Waals surface area contributed by atoms with Crippen LogP contribution < -0.4 is 10.6 Å². The third-order valence-electron chi connectivity index (χ3n) is 3.25. The molecule has 1 atom stereocenters. The van der Waals surface area contributed by atoms with E-state index < -0.39 is 0 Å². The van der Waals surface area contributed by atoms with E-state index in [1.54, 1.807) is 0 Å². The number of aliphatic hydroxyl groups excluding tert-OH is 1. The Bertz CT molecular complexity index is 437. The minimum atomic E-state index is 0.111. The van der Waals surface area contributed by atoms with Gasteiger partial charge in [0.1, 0.15) is 0 Å². The van der Waals surface area contributed by atoms with Crippen molar-refractivity contribution in [2.24, 2.45) is 10.9 Å². The maximum Gasteiger partial charge on any atom is 0.191 e. The standard InChI is InChI=1S/C16H26BrN3O/c1-3-13(10-14-6-5-7-15(17)11-14)12-20-16(18-4-2)19-8-9-21/h5-7,11,13,21H,3-4,8-10,12H2,1-2H3,(H2,18,19,20). The minimum absolute atomic E-state index is 0.111. The van der Waals surface area contributed by atoms with E-state index in [2.05, 4.69) is 56.7 Å². The number of nitrogens with zero attached hydrogens (tertiary/aromatic N) is 1. The van der Waals surface area contributed by atoms with E-state index in [-0.39, 0.29) is 6.61 Å². The zero-order valence-electron chi connectivity index (χ0n) is 12.9. The molecular weight excluding hydrogens is 330 g/mol. The number of nitrogens with one attached hydrogen (secondary N) is 2. The van der Waals surface area contributed by atoms with Crippen molar-refractivity contribution in [2.75, 3.05) is 26.2 Å². The third-order valence-corrected chi connectivity index (χ3v) is 3.74. The number of hydrogen-bond acceptors (Lipinski definition) is 2. The quantitative estimate of drug-likeness (QED) is 0.496. The molecule has 5 heteroatoms. The highest BCUT2D eigenvalue weighted by molar-refractivity contribution is 9.10. The molecule has 3 N–H and O–H groups in total. The third kappa shape index (κ3) is 7.48. The first kappa shape index (κ1) is 18.0. The molecular formula is C16H26BrN3O. The first-order valence-corrected chi connectivity index (χ1v) is 8.36. The Labute approximate surface area is 136 Å². The average Bonchev–Trinajstić information content (AvgIpc) is 2.48. The van der Waals surface area contributed by atoms with Crippen molar-refractivity contribution in [3.63, 3.8) is 0 Å². The summed E-state index contributed by atoms with van der Waals surface area (Å²) in [5.74, 6) is 1.29. The lowest BCUT2D eigenvalue weighted by Crippen LogP contribution is -2.39. The SMILES string of the molecule is CCNC(=NCC(CC)Cc1cccc(Br)c1)NCCO. The van der Waals surface area contributed by atoms with E-state index in [0.29, 0.717) is 12.5 Å². The Kier molecular flexibility index (Phi) is 9.10. The molecule has 0 fully saturated rings. The van der Waals surface area contributed by atoms with Crippen molar-refractivity contribution in [1.82, 2.24) is 10.6 Å². The number of aliphatic imine (C=N–C) groups is 1. The van der Waals surface area contributed by atoms with Gasteiger partial charge in [-0.15, -0.1) is 0 Å². The summed E-state index contributed by atoms with van der Waals surface area (Å²) in [7, 11) is 0. The first-order chi connectivity index (χ1) is 10.2. The molecule has 21 heavy (non-hydrogen) atoms. The summed E-state index contributed by atoms with van der Waals surface area (Å²) >= 11 is 3.51. The van der Waals surface area contributed by atoms with Crippen molar-refractivity contribution in [3.05, 3.63) is 34.3 Å². The van der Waals surface area contributed by atoms with E-state index >= 15 is 0 Å². The molecule has 0 saturated heterocycles. The summed E-state index contributed by atoms with van der Waals surface area (Å²) < 4.78 is 1.12. The Balaban J connectivity index is 2.58. The largest absolute Gasteiger partial charge is 0.395 e. The second kappa shape index (κ2) is 10.6. The summed E-state index contributed by atoms with van der Waals surface area (Å²) in [4.78, 5) is 4.61. The van der Waals surface area contributed by atoms with Gasteiger partial charge in [0.15, 0.2) is 5.96 Å². The fourth-order valence-electron chi connectivity index (χ4n) is 2.07. The monoisotopic (exact) mass is 355 g/mol. The highest BCUT2D eigenvalue weighted by Gasteiger charge is 2.08. The van der Waals surface area contributed by atoms with Crippen LogP contribution >= 0.6 is 15.9 Å². The van der Waals surface area contributed by atoms with Gasteiger partial charge < -0.3 is 15.7 Å². The topological polar surface area (TPSA) is 56.7 Å². The summed E-state index contributed by atoms with van der Waals surface area (Å²) in [6, 6.07) is 8.45. The van der Waals surface area contributed by atoms with E-state index in [4.69, 9.17) is 5.11 Å². The highest BCUT2D eigenvalue weighted by Crippen LogP contribution is 2.17. The maximum absolute atomic E-state index is 8.88. The van der Waals surface area contributed by atoms with Crippen LogP contribution in [0.5, 0.6) is 0 Å². The van der Waals surface area contributed by atoms with Crippen molar-refractivity contribution in [2.45, 2.75) is 26.7 Å². The molecule has 0 aliphatic rings. The zero-order valence-corrected chi connectivity index (χ0v) is 14.5. The summed E-state index contributed by atoms with van der Waals surface area (Å²) in [6.45, 7) is 6.47. The maximum atomic E-state index is 8.88. The predicted molar refractivity (Wildman–Crippen MR) is 92.7 cm³/mol. The average molecular weight is 356 g/mol. The molecule has 1 aromatic rings. The van der Waals surface area contributed by atoms with Crippen molar-refractivity contribution in [1.29, 1.82) is 0 Å². The van der Waals surface area contributed by atoms with Gasteiger partial charge in [-0.2, -0.15) is 0 Å². The molecule has 4 nitrogen and oxygen atoms in total. The Hall–Kier alpha value is -1.07. The number of guanidine groups is 1. The molecule has 0 spiro atoms. The van der Waals surface area contributed by atoms with Crippen LogP contribution in [0.3, 0.4) is 0 Å². The van der Waals surface area contributed by atoms with E-state index in [1.165, 1.54) is 5.56 Å². The molecule has 1 unspecified atom stereocenters. The Morgan fingerprint density at radius 3 is 2.76 bits per heavy atom. The normalized spacial score (nSPS) is 13.0. The van der Waals surface area contributed by atoms with E-state index in [0.717, 1.165) is 36.4 Å². The van der Waals surface area contributed by atoms with Crippen LogP contribution in [-0.4, -0.2) is 37.3 Å². The minimum Gasteiger partial charge on any atom is -0.395 e. The number of aliphatic hydroxyl groups is 1. The Morgan fingerprint density at radius 2 is 2.14 bits per heavy atom. The highest BCUT2D eigenvalue weighted by atomic mass is 79.9. The Morgan fingerprint density at radius 1 is 1.33 bits per heavy atom. The van der Waals surface area contributed by atoms with Crippen molar-refractivity contribution < 1.29 is 5.11 Å². The molecule has 0 radical (unpaired) electrons. The van der Waals surface area contributed by atoms with Gasteiger partial charge in [-0.1, -0.05) is 41.4 Å². The molecule has 0 aliphatic heterocycles. The lowest BCUT2D eigenvalue weighted by molar-refractivity contribution is 0.300. The van der Waals surface area contributed by atoms with Crippen molar-refractivity contribution >= 4 is 21.9 Å². The molecule has 1 aromatic carbocycles. The zero-order chi connectivity index (χ0) is 15.5. The van der Waals surface area contributed by atoms with Gasteiger partial charge in [0, 0.05) is 24.1 Å². The molecule has 1 rings (SSSR count). The second-order valence-corrected chi connectivity index (χ2v) is 5.89. The molecule has 0 aliphatic carbocycles. The smallest absolute Gasteiger partial charge is 0.191 e. The summed E-state index contributed by atoms with van der Waals surface area (Å²) in [5.41, 5.74) is 1.33. The molecule has 118 valence electrons. The van der Waals surface area contributed by atoms with Crippen LogP contribution in [0.1, 0.15) is 25.8 Å². The molecule has 0 bridgehead atoms. The summed E-state index contributed by atoms with van der Waals surface area (Å²) in [5, 5.41) is 15.2. The lowest BCUT2D eigenvalue weighted by Gasteiger charge is -2.15. The van der Waals surface area contributed by atoms with Gasteiger partial charge >= 0.3 is 0 Å². The molecule has 0 heterocycles. The van der Waals surface area contributed by atoms with Gasteiger partial charge in [-0.05, 0) is 37.0 Å². The number of benzene rings is 1. The van der Waals surface area contributed by atoms with Crippen LogP contribution in [0.15, 0.2) is 33.7 Å². The van der Waals surface area contributed by atoms with Gasteiger partial charge in [0.25, 0.3) is 0 Å². The van der Waals surface area contributed by atoms with Crippen molar-refractivity contribution in [3.8, 4) is 0 Å². The predicted octanol–water partition coefficient (Wildman–Crippen LogP) is 2.57. The van der Waals surface area contributed by atoms with Gasteiger partial charge in [0.05, 0.1) is 6.61 Å². The first-order valence-electron chi connectivity index (χ1n) is 7.57. The fourth-order valence-corrected chi connectivity index (χ4v) is 2.52. The van der Waals surface area contributed by atoms with Crippen LogP contribution in [0.25, 0.3) is 0 Å². The molecule has 0 aromatic heterocycles. The number of halogens is 1. The van der Waals surface area contributed by atoms with Crippen LogP contribution in [0.4, 0.5) is 0 Å². The molecule has 0 amide bonds. The van der Waals surface area contributed by atoms with E-state index in [9.17, 15) is 0 Å². The van der Waals surface area contributed by atoms with Gasteiger partial charge in [0.2, 0.25) is 0 Å². The van der Waals surface area contributed by atoms with E-state index in [1.807, 2.05) is 13.0 Å². The van der Waals surface area contributed by atoms with Crippen LogP contribution in [0, 0.1) is 5.92 Å². The van der Waals surface area contributed by atoms with Gasteiger partial charge in [-0.25, -0.2) is 0 Å². The summed E-state index contributed by atoms with van der Waals surface area (Å²) in [6.07, 6.45) is 2.12. The number of hydrogen-bond donors (Lipinski definition) is 3. The van der Waals surface area contributed by atoms with Gasteiger partial charge in [-0.3, -0.25) is 4.99 Å². The van der Waals surface area contributed by atoms with Crippen LogP contribution in [0.2, 0.25) is 0 Å². The second-order valence-electron chi connectivity index (χ2n) is 4.98. The fraction of sp³-hybridized carbons (Fsp3) is 0.562. The number of rotatable bonds is 8. The lowest BCUT2D eigenvalue weighted by atomic mass is 9.97. The molecule has 0 saturated carbocycles. The van der Waals surface area contributed by atoms with Crippen LogP contribution in [-0.2, 0) is 6.42 Å².